The van der Waals surface area contributed by atoms with E-state index in [2.05, 4.69) is 15.9 Å². The molecule has 0 heterocycles. The van der Waals surface area contributed by atoms with Crippen molar-refractivity contribution in [1.82, 2.24) is 0 Å². The number of Topliss-reactive ketones (excluding diaryl/α,β-unsaturated/α-hetero) is 1. The molecular formula is C10H10BrFO. The summed E-state index contributed by atoms with van der Waals surface area (Å²) in [6.07, 6.45) is 0.336. The van der Waals surface area contributed by atoms with E-state index in [1.54, 1.807) is 19.1 Å². The molecule has 1 aromatic carbocycles. The predicted molar refractivity (Wildman–Crippen MR) is 53.7 cm³/mol. The van der Waals surface area contributed by atoms with Crippen molar-refractivity contribution >= 4 is 21.7 Å². The maximum absolute atomic E-state index is 13.5. The molecule has 0 aliphatic rings. The van der Waals surface area contributed by atoms with E-state index in [0.717, 1.165) is 0 Å². The summed E-state index contributed by atoms with van der Waals surface area (Å²) in [7, 11) is 0. The van der Waals surface area contributed by atoms with Gasteiger partial charge in [0, 0.05) is 11.8 Å². The van der Waals surface area contributed by atoms with Gasteiger partial charge in [0.1, 0.15) is 5.82 Å². The third-order valence-electron chi connectivity index (χ3n) is 1.84. The molecule has 0 radical (unpaired) electrons. The first-order valence-electron chi connectivity index (χ1n) is 4.07. The van der Waals surface area contributed by atoms with Crippen LogP contribution < -0.4 is 0 Å². The fourth-order valence-electron chi connectivity index (χ4n) is 1.09. The van der Waals surface area contributed by atoms with Gasteiger partial charge in [0.05, 0.1) is 5.56 Å². The minimum atomic E-state index is -0.397. The van der Waals surface area contributed by atoms with Crippen LogP contribution in [0.4, 0.5) is 4.39 Å². The van der Waals surface area contributed by atoms with Crippen molar-refractivity contribution in [3.05, 3.63) is 35.1 Å². The lowest BCUT2D eigenvalue weighted by Gasteiger charge is -2.03. The quantitative estimate of drug-likeness (QED) is 0.589. The summed E-state index contributed by atoms with van der Waals surface area (Å²) in [5.41, 5.74) is 0.721. The van der Waals surface area contributed by atoms with Crippen LogP contribution in [-0.4, -0.2) is 5.78 Å². The monoisotopic (exact) mass is 244 g/mol. The third kappa shape index (κ3) is 2.15. The molecule has 1 rings (SSSR count). The smallest absolute Gasteiger partial charge is 0.165 e. The first kappa shape index (κ1) is 10.4. The third-order valence-corrected chi connectivity index (χ3v) is 2.45. The molecule has 1 aromatic rings. The number of benzene rings is 1. The molecule has 0 aliphatic heterocycles. The molecule has 0 amide bonds. The van der Waals surface area contributed by atoms with Gasteiger partial charge in [0.25, 0.3) is 0 Å². The SMILES string of the molecule is CCC(=O)c1cccc(CBr)c1F. The molecule has 0 fully saturated rings. The Labute approximate surface area is 85.1 Å². The number of hydrogen-bond donors (Lipinski definition) is 0. The van der Waals surface area contributed by atoms with Crippen molar-refractivity contribution in [3.8, 4) is 0 Å². The maximum atomic E-state index is 13.5. The second-order valence-electron chi connectivity index (χ2n) is 2.69. The molecule has 13 heavy (non-hydrogen) atoms. The highest BCUT2D eigenvalue weighted by Gasteiger charge is 2.11. The van der Waals surface area contributed by atoms with Crippen molar-refractivity contribution < 1.29 is 9.18 Å². The lowest BCUT2D eigenvalue weighted by atomic mass is 10.1. The van der Waals surface area contributed by atoms with Crippen LogP contribution in [-0.2, 0) is 5.33 Å². The van der Waals surface area contributed by atoms with Crippen molar-refractivity contribution in [3.63, 3.8) is 0 Å². The summed E-state index contributed by atoms with van der Waals surface area (Å²) < 4.78 is 13.5. The standard InChI is InChI=1S/C10H10BrFO/c1-2-9(13)8-5-3-4-7(6-11)10(8)12/h3-5H,2,6H2,1H3. The summed E-state index contributed by atoms with van der Waals surface area (Å²) in [6.45, 7) is 1.72. The molecule has 0 bridgehead atoms. The second-order valence-corrected chi connectivity index (χ2v) is 3.25. The van der Waals surface area contributed by atoms with Gasteiger partial charge < -0.3 is 0 Å². The van der Waals surface area contributed by atoms with Gasteiger partial charge in [-0.2, -0.15) is 0 Å². The molecule has 70 valence electrons. The van der Waals surface area contributed by atoms with Crippen LogP contribution in [0, 0.1) is 5.82 Å². The Morgan fingerprint density at radius 3 is 2.77 bits per heavy atom. The molecule has 0 unspecified atom stereocenters. The second kappa shape index (κ2) is 4.51. The Hall–Kier alpha value is -0.700. The van der Waals surface area contributed by atoms with Gasteiger partial charge in [-0.1, -0.05) is 35.0 Å². The van der Waals surface area contributed by atoms with Crippen molar-refractivity contribution in [2.24, 2.45) is 0 Å². The van der Waals surface area contributed by atoms with Crippen molar-refractivity contribution in [1.29, 1.82) is 0 Å². The number of carbonyl (C=O) groups excluding carboxylic acids is 1. The van der Waals surface area contributed by atoms with Gasteiger partial charge in [0.2, 0.25) is 0 Å². The van der Waals surface area contributed by atoms with Crippen LogP contribution in [0.15, 0.2) is 18.2 Å². The van der Waals surface area contributed by atoms with Crippen LogP contribution in [0.1, 0.15) is 29.3 Å². The van der Waals surface area contributed by atoms with Crippen LogP contribution in [0.25, 0.3) is 0 Å². The highest BCUT2D eigenvalue weighted by atomic mass is 79.9. The molecule has 3 heteroatoms. The van der Waals surface area contributed by atoms with E-state index in [1.165, 1.54) is 6.07 Å². The van der Waals surface area contributed by atoms with Gasteiger partial charge in [-0.3, -0.25) is 4.79 Å². The highest BCUT2D eigenvalue weighted by molar-refractivity contribution is 9.08. The normalized spacial score (nSPS) is 10.1. The molecular weight excluding hydrogens is 235 g/mol. The number of hydrogen-bond acceptors (Lipinski definition) is 1. The van der Waals surface area contributed by atoms with Crippen molar-refractivity contribution in [2.75, 3.05) is 0 Å². The van der Waals surface area contributed by atoms with E-state index in [1.807, 2.05) is 0 Å². The molecule has 0 aliphatic carbocycles. The lowest BCUT2D eigenvalue weighted by molar-refractivity contribution is 0.0984. The minimum Gasteiger partial charge on any atom is -0.294 e. The minimum absolute atomic E-state index is 0.152. The van der Waals surface area contributed by atoms with E-state index in [4.69, 9.17) is 0 Å². The number of ketones is 1. The van der Waals surface area contributed by atoms with Crippen LogP contribution >= 0.6 is 15.9 Å². The Bertz CT molecular complexity index is 323. The van der Waals surface area contributed by atoms with E-state index in [9.17, 15) is 9.18 Å². The Kier molecular flexibility index (Phi) is 3.60. The Morgan fingerprint density at radius 1 is 1.54 bits per heavy atom. The zero-order valence-electron chi connectivity index (χ0n) is 7.31. The van der Waals surface area contributed by atoms with Gasteiger partial charge in [0.15, 0.2) is 5.78 Å². The van der Waals surface area contributed by atoms with E-state index in [0.29, 0.717) is 17.3 Å². The van der Waals surface area contributed by atoms with E-state index >= 15 is 0 Å². The molecule has 0 saturated carbocycles. The Balaban J connectivity index is 3.15. The topological polar surface area (TPSA) is 17.1 Å². The molecule has 0 N–H and O–H groups in total. The molecule has 0 saturated heterocycles. The van der Waals surface area contributed by atoms with Gasteiger partial charge in [-0.05, 0) is 11.6 Å². The van der Waals surface area contributed by atoms with E-state index < -0.39 is 5.82 Å². The fourth-order valence-corrected chi connectivity index (χ4v) is 1.52. The summed E-state index contributed by atoms with van der Waals surface area (Å²) in [5, 5.41) is 0.434. The number of rotatable bonds is 3. The summed E-state index contributed by atoms with van der Waals surface area (Å²) in [5.74, 6) is -0.550. The van der Waals surface area contributed by atoms with Gasteiger partial charge >= 0.3 is 0 Å². The van der Waals surface area contributed by atoms with Gasteiger partial charge in [-0.15, -0.1) is 0 Å². The number of alkyl halides is 1. The zero-order chi connectivity index (χ0) is 9.84. The molecule has 0 atom stereocenters. The van der Waals surface area contributed by atoms with Crippen molar-refractivity contribution in [2.45, 2.75) is 18.7 Å². The summed E-state index contributed by atoms with van der Waals surface area (Å²) in [4.78, 5) is 11.2. The highest BCUT2D eigenvalue weighted by Crippen LogP contribution is 2.16. The van der Waals surface area contributed by atoms with Crippen LogP contribution in [0.5, 0.6) is 0 Å². The fraction of sp³-hybridized carbons (Fsp3) is 0.300. The first-order valence-corrected chi connectivity index (χ1v) is 5.19. The maximum Gasteiger partial charge on any atom is 0.165 e. The lowest BCUT2D eigenvalue weighted by Crippen LogP contribution is -2.02. The Morgan fingerprint density at radius 2 is 2.23 bits per heavy atom. The largest absolute Gasteiger partial charge is 0.294 e. The van der Waals surface area contributed by atoms with Gasteiger partial charge in [-0.25, -0.2) is 4.39 Å². The van der Waals surface area contributed by atoms with Crippen LogP contribution in [0.2, 0.25) is 0 Å². The van der Waals surface area contributed by atoms with E-state index in [-0.39, 0.29) is 11.3 Å². The molecule has 0 spiro atoms. The van der Waals surface area contributed by atoms with Crippen LogP contribution in [0.3, 0.4) is 0 Å². The molecule has 1 nitrogen and oxygen atoms in total. The predicted octanol–water partition coefficient (Wildman–Crippen LogP) is 3.31. The summed E-state index contributed by atoms with van der Waals surface area (Å²) in [6, 6.07) is 4.88. The zero-order valence-corrected chi connectivity index (χ0v) is 8.90. The average Bonchev–Trinajstić information content (AvgIpc) is 2.17. The number of carbonyl (C=O) groups is 1. The number of halogens is 2. The first-order chi connectivity index (χ1) is 6.20. The average molecular weight is 245 g/mol. The molecule has 0 aromatic heterocycles. The summed E-state index contributed by atoms with van der Waals surface area (Å²) >= 11 is 3.16.